The number of rotatable bonds is 4. The monoisotopic (exact) mass is 364 g/mol. The van der Waals surface area contributed by atoms with E-state index in [-0.39, 0.29) is 11.8 Å². The third-order valence-corrected chi connectivity index (χ3v) is 4.22. The number of hydrogen-bond acceptors (Lipinski definition) is 3. The smallest absolute Gasteiger partial charge is 0.251 e. The summed E-state index contributed by atoms with van der Waals surface area (Å²) >= 11 is 4.92. The van der Waals surface area contributed by atoms with Gasteiger partial charge in [0.2, 0.25) is 5.91 Å². The van der Waals surface area contributed by atoms with Gasteiger partial charge in [0.15, 0.2) is 0 Å². The van der Waals surface area contributed by atoms with E-state index in [1.54, 1.807) is 48.7 Å². The molecule has 1 aromatic heterocycles. The molecule has 0 saturated carbocycles. The maximum atomic E-state index is 11.8. The summed E-state index contributed by atoms with van der Waals surface area (Å²) in [6.45, 7) is 0. The van der Waals surface area contributed by atoms with Crippen molar-refractivity contribution in [3.8, 4) is 0 Å². The lowest BCUT2D eigenvalue weighted by atomic mass is 10.2. The maximum absolute atomic E-state index is 11.8. The Hall–Kier alpha value is -1.92. The van der Waals surface area contributed by atoms with Gasteiger partial charge in [-0.05, 0) is 58.4 Å². The van der Waals surface area contributed by atoms with Crippen LogP contribution in [-0.4, -0.2) is 18.9 Å². The first-order valence-electron chi connectivity index (χ1n) is 6.15. The van der Waals surface area contributed by atoms with E-state index in [9.17, 15) is 9.59 Å². The summed E-state index contributed by atoms with van der Waals surface area (Å²) in [5, 5.41) is 5.28. The normalized spacial score (nSPS) is 10.6. The number of benzene rings is 1. The topological polar surface area (TPSA) is 58.2 Å². The van der Waals surface area contributed by atoms with Crippen LogP contribution < -0.4 is 10.6 Å². The number of amides is 2. The van der Waals surface area contributed by atoms with Crippen molar-refractivity contribution in [3.05, 3.63) is 56.7 Å². The minimum Gasteiger partial charge on any atom is -0.355 e. The SMILES string of the molecule is CNC(=O)c1ccc(NC(=O)/C=C/c2ccc(Br)s2)cc1. The van der Waals surface area contributed by atoms with Crippen molar-refractivity contribution in [1.82, 2.24) is 5.32 Å². The van der Waals surface area contributed by atoms with Crippen LogP contribution in [0.4, 0.5) is 5.69 Å². The lowest BCUT2D eigenvalue weighted by Gasteiger charge is -2.03. The second kappa shape index (κ2) is 7.19. The molecule has 0 saturated heterocycles. The van der Waals surface area contributed by atoms with E-state index in [4.69, 9.17) is 0 Å². The van der Waals surface area contributed by atoms with Gasteiger partial charge in [-0.15, -0.1) is 11.3 Å². The zero-order valence-electron chi connectivity index (χ0n) is 11.2. The van der Waals surface area contributed by atoms with Gasteiger partial charge < -0.3 is 10.6 Å². The Balaban J connectivity index is 1.96. The average molecular weight is 365 g/mol. The average Bonchev–Trinajstić information content (AvgIpc) is 2.91. The molecule has 4 nitrogen and oxygen atoms in total. The molecule has 6 heteroatoms. The highest BCUT2D eigenvalue weighted by molar-refractivity contribution is 9.11. The van der Waals surface area contributed by atoms with E-state index in [1.165, 1.54) is 6.08 Å². The Morgan fingerprint density at radius 3 is 2.43 bits per heavy atom. The minimum atomic E-state index is -0.216. The van der Waals surface area contributed by atoms with Gasteiger partial charge in [0.1, 0.15) is 0 Å². The van der Waals surface area contributed by atoms with Crippen LogP contribution in [-0.2, 0) is 4.79 Å². The molecule has 0 aliphatic rings. The molecular weight excluding hydrogens is 352 g/mol. The van der Waals surface area contributed by atoms with E-state index in [0.29, 0.717) is 11.3 Å². The summed E-state index contributed by atoms with van der Waals surface area (Å²) in [4.78, 5) is 24.2. The summed E-state index contributed by atoms with van der Waals surface area (Å²) in [7, 11) is 1.58. The van der Waals surface area contributed by atoms with Gasteiger partial charge in [-0.25, -0.2) is 0 Å². The van der Waals surface area contributed by atoms with Crippen molar-refractivity contribution in [2.45, 2.75) is 0 Å². The maximum Gasteiger partial charge on any atom is 0.251 e. The molecule has 108 valence electrons. The molecule has 0 spiro atoms. The van der Waals surface area contributed by atoms with E-state index in [1.807, 2.05) is 12.1 Å². The lowest BCUT2D eigenvalue weighted by Crippen LogP contribution is -2.17. The van der Waals surface area contributed by atoms with Crippen LogP contribution in [0.25, 0.3) is 6.08 Å². The van der Waals surface area contributed by atoms with Crippen LogP contribution in [0.15, 0.2) is 46.3 Å². The third-order valence-electron chi connectivity index (χ3n) is 2.63. The van der Waals surface area contributed by atoms with Crippen LogP contribution >= 0.6 is 27.3 Å². The molecule has 1 aromatic carbocycles. The van der Waals surface area contributed by atoms with E-state index >= 15 is 0 Å². The van der Waals surface area contributed by atoms with Crippen molar-refractivity contribution in [2.24, 2.45) is 0 Å². The highest BCUT2D eigenvalue weighted by Gasteiger charge is 2.03. The Bertz CT molecular complexity index is 677. The van der Waals surface area contributed by atoms with Crippen molar-refractivity contribution in [2.75, 3.05) is 12.4 Å². The van der Waals surface area contributed by atoms with Crippen LogP contribution in [0, 0.1) is 0 Å². The first-order valence-corrected chi connectivity index (χ1v) is 7.76. The predicted octanol–water partition coefficient (Wildman–Crippen LogP) is 3.52. The van der Waals surface area contributed by atoms with E-state index in [2.05, 4.69) is 26.6 Å². The van der Waals surface area contributed by atoms with Crippen molar-refractivity contribution >= 4 is 50.8 Å². The number of carbonyl (C=O) groups is 2. The molecule has 0 fully saturated rings. The van der Waals surface area contributed by atoms with Crippen molar-refractivity contribution in [1.29, 1.82) is 0 Å². The molecular formula is C15H13BrN2O2S. The molecule has 0 atom stereocenters. The molecule has 2 rings (SSSR count). The van der Waals surface area contributed by atoms with Gasteiger partial charge in [0.05, 0.1) is 3.79 Å². The summed E-state index contributed by atoms with van der Waals surface area (Å²) in [5.41, 5.74) is 1.19. The molecule has 1 heterocycles. The van der Waals surface area contributed by atoms with Gasteiger partial charge in [-0.2, -0.15) is 0 Å². The van der Waals surface area contributed by atoms with E-state index < -0.39 is 0 Å². The quantitative estimate of drug-likeness (QED) is 0.815. The van der Waals surface area contributed by atoms with Gasteiger partial charge in [0.25, 0.3) is 5.91 Å². The molecule has 0 aliphatic heterocycles. The van der Waals surface area contributed by atoms with Gasteiger partial charge in [-0.1, -0.05) is 0 Å². The third kappa shape index (κ3) is 4.54. The summed E-state index contributed by atoms with van der Waals surface area (Å²) in [6, 6.07) is 10.6. The molecule has 0 bridgehead atoms. The van der Waals surface area contributed by atoms with Crippen LogP contribution in [0.3, 0.4) is 0 Å². The Morgan fingerprint density at radius 1 is 1.14 bits per heavy atom. The molecule has 2 amide bonds. The number of nitrogens with one attached hydrogen (secondary N) is 2. The number of thiophene rings is 1. The first-order chi connectivity index (χ1) is 10.1. The van der Waals surface area contributed by atoms with Crippen molar-refractivity contribution in [3.63, 3.8) is 0 Å². The standard InChI is InChI=1S/C15H13BrN2O2S/c1-17-15(20)10-2-4-11(5-3-10)18-14(19)9-7-12-6-8-13(16)21-12/h2-9H,1H3,(H,17,20)(H,18,19)/b9-7+. The highest BCUT2D eigenvalue weighted by atomic mass is 79.9. The number of halogens is 1. The molecule has 0 radical (unpaired) electrons. The van der Waals surface area contributed by atoms with E-state index in [0.717, 1.165) is 8.66 Å². The fourth-order valence-electron chi connectivity index (χ4n) is 1.61. The minimum absolute atomic E-state index is 0.156. The number of anilines is 1. The van der Waals surface area contributed by atoms with Crippen LogP contribution in [0.5, 0.6) is 0 Å². The number of carbonyl (C=O) groups excluding carboxylic acids is 2. The summed E-state index contributed by atoms with van der Waals surface area (Å²) in [5.74, 6) is -0.372. The zero-order valence-corrected chi connectivity index (χ0v) is 13.6. The fourth-order valence-corrected chi connectivity index (χ4v) is 2.94. The largest absolute Gasteiger partial charge is 0.355 e. The zero-order chi connectivity index (χ0) is 15.2. The Morgan fingerprint density at radius 2 is 1.86 bits per heavy atom. The second-order valence-electron chi connectivity index (χ2n) is 4.12. The molecule has 21 heavy (non-hydrogen) atoms. The van der Waals surface area contributed by atoms with Crippen molar-refractivity contribution < 1.29 is 9.59 Å². The van der Waals surface area contributed by atoms with Gasteiger partial charge in [-0.3, -0.25) is 9.59 Å². The number of hydrogen-bond donors (Lipinski definition) is 2. The Labute approximate surface area is 135 Å². The molecule has 2 N–H and O–H groups in total. The van der Waals surface area contributed by atoms with Gasteiger partial charge >= 0.3 is 0 Å². The predicted molar refractivity (Wildman–Crippen MR) is 89.5 cm³/mol. The van der Waals surface area contributed by atoms with Crippen LogP contribution in [0.2, 0.25) is 0 Å². The second-order valence-corrected chi connectivity index (χ2v) is 6.62. The molecule has 0 aliphatic carbocycles. The first kappa shape index (κ1) is 15.5. The fraction of sp³-hybridized carbons (Fsp3) is 0.0667. The Kier molecular flexibility index (Phi) is 5.30. The van der Waals surface area contributed by atoms with Crippen LogP contribution in [0.1, 0.15) is 15.2 Å². The summed E-state index contributed by atoms with van der Waals surface area (Å²) < 4.78 is 1.02. The summed E-state index contributed by atoms with van der Waals surface area (Å²) in [6.07, 6.45) is 3.23. The lowest BCUT2D eigenvalue weighted by molar-refractivity contribution is -0.111. The van der Waals surface area contributed by atoms with Gasteiger partial charge in [0, 0.05) is 29.3 Å². The highest BCUT2D eigenvalue weighted by Crippen LogP contribution is 2.23. The molecule has 2 aromatic rings. The molecule has 0 unspecified atom stereocenters.